The molecule has 4 nitrogen and oxygen atoms in total. The first kappa shape index (κ1) is 11.9. The maximum absolute atomic E-state index is 12.1. The average molecular weight is 226 g/mol. The van der Waals surface area contributed by atoms with E-state index in [9.17, 15) is 4.79 Å². The van der Waals surface area contributed by atoms with Crippen LogP contribution in [0.2, 0.25) is 0 Å². The van der Waals surface area contributed by atoms with Crippen LogP contribution in [0.25, 0.3) is 0 Å². The molecule has 16 heavy (non-hydrogen) atoms. The quantitative estimate of drug-likeness (QED) is 0.748. The predicted molar refractivity (Wildman–Crippen MR) is 61.9 cm³/mol. The van der Waals surface area contributed by atoms with Crippen LogP contribution in [-0.2, 0) is 9.53 Å². The number of hydrogen-bond acceptors (Lipinski definition) is 3. The Morgan fingerprint density at radius 3 is 2.69 bits per heavy atom. The second-order valence-electron chi connectivity index (χ2n) is 5.24. The van der Waals surface area contributed by atoms with E-state index in [2.05, 4.69) is 12.2 Å². The number of amides is 1. The van der Waals surface area contributed by atoms with Gasteiger partial charge in [-0.2, -0.15) is 0 Å². The van der Waals surface area contributed by atoms with Gasteiger partial charge in [-0.1, -0.05) is 19.8 Å². The molecule has 2 unspecified atom stereocenters. The van der Waals surface area contributed by atoms with E-state index >= 15 is 0 Å². The Morgan fingerprint density at radius 1 is 1.50 bits per heavy atom. The number of nitrogens with two attached hydrogens (primary N) is 1. The standard InChI is InChI=1S/C12H22N2O2/c1-9-4-7-16-10(9)11(15)14-12(8-13)5-2-3-6-12/h9-10H,2-8,13H2,1H3,(H,14,15). The second kappa shape index (κ2) is 4.72. The van der Waals surface area contributed by atoms with Crippen LogP contribution in [0.5, 0.6) is 0 Å². The van der Waals surface area contributed by atoms with Gasteiger partial charge in [-0.25, -0.2) is 0 Å². The van der Waals surface area contributed by atoms with Crippen LogP contribution in [-0.4, -0.2) is 30.7 Å². The molecule has 1 heterocycles. The van der Waals surface area contributed by atoms with E-state index in [0.29, 0.717) is 19.1 Å². The lowest BCUT2D eigenvalue weighted by Crippen LogP contribution is -2.55. The summed E-state index contributed by atoms with van der Waals surface area (Å²) in [6, 6.07) is 0. The number of nitrogens with one attached hydrogen (secondary N) is 1. The lowest BCUT2D eigenvalue weighted by molar-refractivity contribution is -0.133. The van der Waals surface area contributed by atoms with Gasteiger partial charge in [0, 0.05) is 13.2 Å². The van der Waals surface area contributed by atoms with E-state index in [0.717, 1.165) is 19.3 Å². The SMILES string of the molecule is CC1CCOC1C(=O)NC1(CN)CCCC1. The lowest BCUT2D eigenvalue weighted by atomic mass is 9.96. The van der Waals surface area contributed by atoms with Crippen LogP contribution >= 0.6 is 0 Å². The number of hydrogen-bond donors (Lipinski definition) is 2. The van der Waals surface area contributed by atoms with E-state index in [1.54, 1.807) is 0 Å². The fourth-order valence-electron chi connectivity index (χ4n) is 2.80. The molecule has 3 N–H and O–H groups in total. The summed E-state index contributed by atoms with van der Waals surface area (Å²) in [5.41, 5.74) is 5.64. The van der Waals surface area contributed by atoms with Gasteiger partial charge in [0.25, 0.3) is 0 Å². The van der Waals surface area contributed by atoms with Crippen molar-refractivity contribution in [2.75, 3.05) is 13.2 Å². The van der Waals surface area contributed by atoms with E-state index in [1.807, 2.05) is 0 Å². The van der Waals surface area contributed by atoms with Crippen LogP contribution < -0.4 is 11.1 Å². The van der Waals surface area contributed by atoms with Gasteiger partial charge in [0.15, 0.2) is 0 Å². The van der Waals surface area contributed by atoms with Crippen molar-refractivity contribution in [1.29, 1.82) is 0 Å². The van der Waals surface area contributed by atoms with Gasteiger partial charge < -0.3 is 15.8 Å². The van der Waals surface area contributed by atoms with Crippen molar-refractivity contribution in [3.8, 4) is 0 Å². The number of carbonyl (C=O) groups is 1. The van der Waals surface area contributed by atoms with Crippen molar-refractivity contribution in [1.82, 2.24) is 5.32 Å². The molecule has 1 aliphatic heterocycles. The van der Waals surface area contributed by atoms with Crippen LogP contribution in [0.1, 0.15) is 39.0 Å². The van der Waals surface area contributed by atoms with Gasteiger partial charge in [0.2, 0.25) is 5.91 Å². The molecular weight excluding hydrogens is 204 g/mol. The molecule has 4 heteroatoms. The minimum atomic E-state index is -0.260. The zero-order valence-electron chi connectivity index (χ0n) is 10.00. The highest BCUT2D eigenvalue weighted by atomic mass is 16.5. The monoisotopic (exact) mass is 226 g/mol. The smallest absolute Gasteiger partial charge is 0.249 e. The Balaban J connectivity index is 1.95. The largest absolute Gasteiger partial charge is 0.368 e. The van der Waals surface area contributed by atoms with Crippen molar-refractivity contribution >= 4 is 5.91 Å². The fraction of sp³-hybridized carbons (Fsp3) is 0.917. The first-order valence-corrected chi connectivity index (χ1v) is 6.31. The second-order valence-corrected chi connectivity index (χ2v) is 5.24. The highest BCUT2D eigenvalue weighted by molar-refractivity contribution is 5.82. The summed E-state index contributed by atoms with van der Waals surface area (Å²) in [4.78, 5) is 12.1. The minimum absolute atomic E-state index is 0.0392. The lowest BCUT2D eigenvalue weighted by Gasteiger charge is -2.30. The Morgan fingerprint density at radius 2 is 2.19 bits per heavy atom. The Hall–Kier alpha value is -0.610. The summed E-state index contributed by atoms with van der Waals surface area (Å²) in [5.74, 6) is 0.369. The van der Waals surface area contributed by atoms with E-state index < -0.39 is 0 Å². The zero-order chi connectivity index (χ0) is 11.6. The molecule has 1 aliphatic carbocycles. The summed E-state index contributed by atoms with van der Waals surface area (Å²) in [6.45, 7) is 3.32. The summed E-state index contributed by atoms with van der Waals surface area (Å²) in [5, 5.41) is 3.13. The molecular formula is C12H22N2O2. The predicted octanol–water partition coefficient (Wildman–Crippen LogP) is 0.799. The normalized spacial score (nSPS) is 32.9. The Bertz CT molecular complexity index is 262. The van der Waals surface area contributed by atoms with Crippen molar-refractivity contribution in [3.63, 3.8) is 0 Å². The van der Waals surface area contributed by atoms with Crippen molar-refractivity contribution in [2.24, 2.45) is 11.7 Å². The molecule has 2 fully saturated rings. The molecule has 92 valence electrons. The van der Waals surface area contributed by atoms with Gasteiger partial charge in [-0.3, -0.25) is 4.79 Å². The summed E-state index contributed by atoms with van der Waals surface area (Å²) in [7, 11) is 0. The molecule has 0 aromatic heterocycles. The third-order valence-electron chi connectivity index (χ3n) is 3.99. The summed E-state index contributed by atoms with van der Waals surface area (Å²) in [6.07, 6.45) is 5.07. The highest BCUT2D eigenvalue weighted by Gasteiger charge is 2.38. The molecule has 0 bridgehead atoms. The Labute approximate surface area is 96.9 Å². The van der Waals surface area contributed by atoms with E-state index in [4.69, 9.17) is 10.5 Å². The van der Waals surface area contributed by atoms with Crippen molar-refractivity contribution < 1.29 is 9.53 Å². The molecule has 0 aromatic carbocycles. The Kier molecular flexibility index (Phi) is 3.50. The van der Waals surface area contributed by atoms with Gasteiger partial charge in [-0.05, 0) is 25.2 Å². The maximum atomic E-state index is 12.1. The molecule has 2 aliphatic rings. The first-order chi connectivity index (χ1) is 7.67. The molecule has 0 radical (unpaired) electrons. The fourth-order valence-corrected chi connectivity index (χ4v) is 2.80. The number of rotatable bonds is 3. The minimum Gasteiger partial charge on any atom is -0.368 e. The zero-order valence-corrected chi connectivity index (χ0v) is 10.00. The van der Waals surface area contributed by atoms with Crippen LogP contribution in [0.3, 0.4) is 0 Å². The van der Waals surface area contributed by atoms with E-state index in [1.165, 1.54) is 12.8 Å². The average Bonchev–Trinajstić information content (AvgIpc) is 2.87. The van der Waals surface area contributed by atoms with Gasteiger partial charge in [0.1, 0.15) is 6.10 Å². The van der Waals surface area contributed by atoms with Crippen LogP contribution in [0.4, 0.5) is 0 Å². The van der Waals surface area contributed by atoms with E-state index in [-0.39, 0.29) is 17.6 Å². The number of carbonyl (C=O) groups excluding carboxylic acids is 1. The highest BCUT2D eigenvalue weighted by Crippen LogP contribution is 2.29. The molecule has 1 amide bonds. The first-order valence-electron chi connectivity index (χ1n) is 6.31. The van der Waals surface area contributed by atoms with Gasteiger partial charge in [-0.15, -0.1) is 0 Å². The number of ether oxygens (including phenoxy) is 1. The third kappa shape index (κ3) is 2.23. The third-order valence-corrected chi connectivity index (χ3v) is 3.99. The maximum Gasteiger partial charge on any atom is 0.249 e. The van der Waals surface area contributed by atoms with Gasteiger partial charge >= 0.3 is 0 Å². The van der Waals surface area contributed by atoms with Crippen molar-refractivity contribution in [3.05, 3.63) is 0 Å². The van der Waals surface area contributed by atoms with Gasteiger partial charge in [0.05, 0.1) is 5.54 Å². The van der Waals surface area contributed by atoms with Crippen LogP contribution in [0.15, 0.2) is 0 Å². The topological polar surface area (TPSA) is 64.3 Å². The van der Waals surface area contributed by atoms with Crippen LogP contribution in [0, 0.1) is 5.92 Å². The molecule has 0 spiro atoms. The molecule has 2 rings (SSSR count). The summed E-state index contributed by atoms with van der Waals surface area (Å²) < 4.78 is 5.47. The van der Waals surface area contributed by atoms with Crippen molar-refractivity contribution in [2.45, 2.75) is 50.7 Å². The molecule has 0 aromatic rings. The summed E-state index contributed by atoms with van der Waals surface area (Å²) >= 11 is 0. The molecule has 1 saturated heterocycles. The molecule has 1 saturated carbocycles. The molecule has 2 atom stereocenters.